The van der Waals surface area contributed by atoms with Gasteiger partial charge >= 0.3 is 19.8 Å². The third-order valence-electron chi connectivity index (χ3n) is 14.7. The number of carbonyl (C=O) groups is 2. The van der Waals surface area contributed by atoms with Crippen LogP contribution in [-0.2, 0) is 51.6 Å². The second-order valence-corrected chi connectivity index (χ2v) is 22.6. The first-order valence-corrected chi connectivity index (χ1v) is 30.4. The molecule has 3 aliphatic rings. The van der Waals surface area contributed by atoms with E-state index in [1.54, 1.807) is 0 Å². The van der Waals surface area contributed by atoms with Crippen LogP contribution in [0.2, 0.25) is 0 Å². The molecule has 0 amide bonds. The largest absolute Gasteiger partial charge is 0.472 e. The Morgan fingerprint density at radius 3 is 1.14 bits per heavy atom. The lowest BCUT2D eigenvalue weighted by Gasteiger charge is -2.49. The molecule has 0 aromatic heterocycles. The highest BCUT2D eigenvalue weighted by molar-refractivity contribution is 7.47. The number of ether oxygens (including phenoxy) is 6. The maximum Gasteiger partial charge on any atom is 0.472 e. The van der Waals surface area contributed by atoms with Gasteiger partial charge in [0.15, 0.2) is 18.7 Å². The zero-order valence-corrected chi connectivity index (χ0v) is 46.6. The van der Waals surface area contributed by atoms with Gasteiger partial charge in [0.2, 0.25) is 0 Å². The molecule has 2 heterocycles. The fraction of sp³-hybridized carbons (Fsp3) is 0.962. The summed E-state index contributed by atoms with van der Waals surface area (Å²) in [4.78, 5) is 37.4. The lowest BCUT2D eigenvalue weighted by atomic mass is 9.84. The summed E-state index contributed by atoms with van der Waals surface area (Å²) in [6.45, 7) is 1.01. The monoisotopic (exact) mass is 1130 g/mol. The molecular weight excluding hydrogens is 1040 g/mol. The van der Waals surface area contributed by atoms with Crippen molar-refractivity contribution in [2.24, 2.45) is 0 Å². The summed E-state index contributed by atoms with van der Waals surface area (Å²) in [5, 5.41) is 116. The molecule has 3 rings (SSSR count). The van der Waals surface area contributed by atoms with Crippen LogP contribution in [0.15, 0.2) is 0 Å². The Balaban J connectivity index is 1.72. The number of hydrogen-bond donors (Lipinski definition) is 12. The Hall–Kier alpha value is -1.55. The van der Waals surface area contributed by atoms with Gasteiger partial charge in [-0.1, -0.05) is 168 Å². The van der Waals surface area contributed by atoms with E-state index in [9.17, 15) is 75.2 Å². The van der Waals surface area contributed by atoms with E-state index >= 15 is 0 Å². The summed E-state index contributed by atoms with van der Waals surface area (Å²) in [5.74, 6) is -1.32. The molecule has 0 spiro atoms. The third-order valence-corrected chi connectivity index (χ3v) is 15.7. The van der Waals surface area contributed by atoms with Crippen molar-refractivity contribution >= 4 is 19.8 Å². The van der Waals surface area contributed by atoms with Gasteiger partial charge in [0.25, 0.3) is 0 Å². The quantitative estimate of drug-likeness (QED) is 0.0237. The number of phosphoric acid groups is 1. The van der Waals surface area contributed by atoms with Gasteiger partial charge in [0.05, 0.1) is 19.8 Å². The molecule has 12 N–H and O–H groups in total. The Bertz CT molecular complexity index is 1550. The zero-order chi connectivity index (χ0) is 56.8. The van der Waals surface area contributed by atoms with Crippen LogP contribution < -0.4 is 0 Å². The maximum atomic E-state index is 14.0. The molecule has 3 fully saturated rings. The van der Waals surface area contributed by atoms with Crippen LogP contribution >= 0.6 is 7.82 Å². The zero-order valence-electron chi connectivity index (χ0n) is 45.7. The van der Waals surface area contributed by atoms with E-state index < -0.39 is 150 Å². The Morgan fingerprint density at radius 2 is 0.779 bits per heavy atom. The van der Waals surface area contributed by atoms with Crippen molar-refractivity contribution in [1.82, 2.24) is 0 Å². The molecular formula is C53H99O23P. The van der Waals surface area contributed by atoms with E-state index in [0.29, 0.717) is 12.8 Å². The second kappa shape index (κ2) is 39.0. The van der Waals surface area contributed by atoms with E-state index in [2.05, 4.69) is 13.8 Å². The minimum atomic E-state index is -5.63. The fourth-order valence-corrected chi connectivity index (χ4v) is 10.8. The molecule has 2 saturated heterocycles. The number of rotatable bonds is 42. The predicted octanol–water partition coefficient (Wildman–Crippen LogP) is 3.37. The summed E-state index contributed by atoms with van der Waals surface area (Å²) in [6.07, 6.45) is -6.18. The SMILES string of the molecule is CCCCCCCCCCCCCCCC(=O)OC[C@H](COP(=O)(O)OC1C(O[C@@H]2OC(CO)[C@H](O)C(O)[C@@H]2O)C(O)C(O)C(O)[C@H]1O[C@H]1OC(CO)[C@@H](O)C(O)[C@H]1O)OC(=O)CCCCCCCCCCCCCCC. The maximum absolute atomic E-state index is 14.0. The summed E-state index contributed by atoms with van der Waals surface area (Å²) in [6, 6.07) is 0. The molecule has 1 saturated carbocycles. The van der Waals surface area contributed by atoms with Crippen LogP contribution in [0.5, 0.6) is 0 Å². The molecule has 0 radical (unpaired) electrons. The van der Waals surface area contributed by atoms with Crippen LogP contribution in [0, 0.1) is 0 Å². The molecule has 77 heavy (non-hydrogen) atoms. The molecule has 18 atom stereocenters. The van der Waals surface area contributed by atoms with Gasteiger partial charge in [-0.2, -0.15) is 0 Å². The van der Waals surface area contributed by atoms with E-state index in [4.69, 9.17) is 37.5 Å². The lowest BCUT2D eigenvalue weighted by Crippen LogP contribution is -2.69. The van der Waals surface area contributed by atoms with Crippen LogP contribution in [0.1, 0.15) is 194 Å². The van der Waals surface area contributed by atoms with Gasteiger partial charge in [0, 0.05) is 12.8 Å². The first-order valence-electron chi connectivity index (χ1n) is 28.9. The standard InChI is InChI=1S/C53H99O23P/c1-3-5-7-9-11-13-15-17-19-21-23-25-27-29-38(56)69-33-35(71-39(57)30-28-26-24-22-20-18-16-14-12-10-8-6-4-2)34-70-77(67,68)76-51-49(74-52-47(65)42(60)40(58)36(31-54)72-52)45(63)44(62)46(64)50(51)75-53-48(66)43(61)41(59)37(32-55)73-53/h35-37,40-55,58-66H,3-34H2,1-2H3,(H,67,68)/t35-,36?,37?,40-,41+,42?,43?,44?,45?,46?,47-,48+,49-,50?,51?,52-,53+/m1/s1. The van der Waals surface area contributed by atoms with Crippen molar-refractivity contribution in [2.45, 2.75) is 298 Å². The molecule has 0 aromatic rings. The highest BCUT2D eigenvalue weighted by Crippen LogP contribution is 2.49. The van der Waals surface area contributed by atoms with Crippen LogP contribution in [0.25, 0.3) is 0 Å². The average Bonchev–Trinajstić information content (AvgIpc) is 3.43. The Labute approximate surface area is 455 Å². The van der Waals surface area contributed by atoms with E-state index in [1.807, 2.05) is 0 Å². The molecule has 0 bridgehead atoms. The molecule has 23 nitrogen and oxygen atoms in total. The summed E-state index contributed by atoms with van der Waals surface area (Å²) in [7, 11) is -5.63. The van der Waals surface area contributed by atoms with Gasteiger partial charge in [-0.25, -0.2) is 4.57 Å². The molecule has 2 aliphatic heterocycles. The smallest absolute Gasteiger partial charge is 0.462 e. The lowest BCUT2D eigenvalue weighted by molar-refractivity contribution is -0.360. The number of phosphoric ester groups is 1. The van der Waals surface area contributed by atoms with Crippen LogP contribution in [-0.4, -0.2) is 204 Å². The van der Waals surface area contributed by atoms with Gasteiger partial charge in [-0.15, -0.1) is 0 Å². The topological polar surface area (TPSA) is 368 Å². The Kier molecular flexibility index (Phi) is 35.3. The minimum Gasteiger partial charge on any atom is -0.462 e. The van der Waals surface area contributed by atoms with Crippen molar-refractivity contribution in [3.05, 3.63) is 0 Å². The van der Waals surface area contributed by atoms with Gasteiger partial charge in [-0.3, -0.25) is 18.6 Å². The number of hydrogen-bond acceptors (Lipinski definition) is 22. The molecule has 1 aliphatic carbocycles. The normalized spacial score (nSPS) is 31.9. The van der Waals surface area contributed by atoms with Crippen LogP contribution in [0.3, 0.4) is 0 Å². The van der Waals surface area contributed by atoms with Crippen molar-refractivity contribution in [3.8, 4) is 0 Å². The first kappa shape index (κ1) is 69.7. The highest BCUT2D eigenvalue weighted by atomic mass is 31.2. The predicted molar refractivity (Wildman–Crippen MR) is 277 cm³/mol. The summed E-state index contributed by atoms with van der Waals surface area (Å²) < 4.78 is 58.0. The van der Waals surface area contributed by atoms with Gasteiger partial charge in [-0.05, 0) is 12.8 Å². The molecule has 0 aromatic carbocycles. The number of carbonyl (C=O) groups excluding carboxylic acids is 2. The van der Waals surface area contributed by atoms with E-state index in [0.717, 1.165) is 57.8 Å². The van der Waals surface area contributed by atoms with E-state index in [-0.39, 0.29) is 12.8 Å². The van der Waals surface area contributed by atoms with Crippen LogP contribution in [0.4, 0.5) is 0 Å². The van der Waals surface area contributed by atoms with E-state index in [1.165, 1.54) is 96.3 Å². The van der Waals surface area contributed by atoms with Crippen molar-refractivity contribution in [2.75, 3.05) is 26.4 Å². The summed E-state index contributed by atoms with van der Waals surface area (Å²) >= 11 is 0. The van der Waals surface area contributed by atoms with Crippen molar-refractivity contribution in [1.29, 1.82) is 0 Å². The summed E-state index contributed by atoms with van der Waals surface area (Å²) in [5.41, 5.74) is 0. The number of aliphatic hydroxyl groups is 11. The molecule has 24 heteroatoms. The van der Waals surface area contributed by atoms with Crippen molar-refractivity contribution in [3.63, 3.8) is 0 Å². The highest BCUT2D eigenvalue weighted by Gasteiger charge is 2.58. The fourth-order valence-electron chi connectivity index (χ4n) is 9.83. The van der Waals surface area contributed by atoms with Gasteiger partial charge in [0.1, 0.15) is 92.1 Å². The third kappa shape index (κ3) is 25.2. The van der Waals surface area contributed by atoms with Gasteiger partial charge < -0.3 is 89.5 Å². The van der Waals surface area contributed by atoms with Crippen molar-refractivity contribution < 1.29 is 113 Å². The molecule has 454 valence electrons. The average molecular weight is 1140 g/mol. The molecule has 10 unspecified atom stereocenters. The first-order chi connectivity index (χ1) is 36.9. The number of esters is 2. The Morgan fingerprint density at radius 1 is 0.442 bits per heavy atom. The number of unbranched alkanes of at least 4 members (excludes halogenated alkanes) is 24. The second-order valence-electron chi connectivity index (χ2n) is 21.2. The number of aliphatic hydroxyl groups excluding tert-OH is 11. The minimum absolute atomic E-state index is 0.0252.